The van der Waals surface area contributed by atoms with Crippen molar-refractivity contribution in [3.63, 3.8) is 0 Å². The molecule has 1 N–H and O–H groups in total. The molecule has 4 aromatic rings. The van der Waals surface area contributed by atoms with Crippen LogP contribution in [-0.2, 0) is 6.54 Å². The van der Waals surface area contributed by atoms with Gasteiger partial charge in [-0.05, 0) is 55.5 Å². The Morgan fingerprint density at radius 2 is 1.89 bits per heavy atom. The topological polar surface area (TPSA) is 108 Å². The second-order valence-electron chi connectivity index (χ2n) is 8.29. The van der Waals surface area contributed by atoms with Crippen molar-refractivity contribution in [3.05, 3.63) is 72.6 Å². The standard InChI is InChI=1S/C28H26N4O5/c1-2-35-22-5-3-4-19(14-22)27-24-15-26(28(33)34)32(25(24)10-11-31-27)12-13-36-20-6-8-21(9-7-20)37-23-16-29-18-30-17-23/h3-11,14-16,18,23H,2,12-13,17H2,1H3,(H,33,34). The van der Waals surface area contributed by atoms with E-state index < -0.39 is 5.97 Å². The Balaban J connectivity index is 1.32. The van der Waals surface area contributed by atoms with Crippen molar-refractivity contribution >= 4 is 29.4 Å². The predicted octanol–water partition coefficient (Wildman–Crippen LogP) is 4.74. The van der Waals surface area contributed by atoms with Crippen molar-refractivity contribution in [2.24, 2.45) is 9.98 Å². The highest BCUT2D eigenvalue weighted by Gasteiger charge is 2.18. The Labute approximate surface area is 213 Å². The van der Waals surface area contributed by atoms with E-state index in [9.17, 15) is 9.90 Å². The third-order valence-electron chi connectivity index (χ3n) is 5.85. The van der Waals surface area contributed by atoms with Gasteiger partial charge in [0.1, 0.15) is 35.9 Å². The monoisotopic (exact) mass is 498 g/mol. The van der Waals surface area contributed by atoms with Crippen LogP contribution in [0.25, 0.3) is 22.2 Å². The molecule has 9 heteroatoms. The number of ether oxygens (including phenoxy) is 3. The van der Waals surface area contributed by atoms with Crippen LogP contribution in [0.2, 0.25) is 0 Å². The fourth-order valence-electron chi connectivity index (χ4n) is 4.22. The lowest BCUT2D eigenvalue weighted by Crippen LogP contribution is -2.23. The number of pyridine rings is 1. The van der Waals surface area contributed by atoms with Crippen LogP contribution < -0.4 is 14.2 Å². The average Bonchev–Trinajstić information content (AvgIpc) is 3.30. The van der Waals surface area contributed by atoms with Gasteiger partial charge in [-0.2, -0.15) is 0 Å². The molecule has 2 aromatic heterocycles. The summed E-state index contributed by atoms with van der Waals surface area (Å²) in [7, 11) is 0. The highest BCUT2D eigenvalue weighted by atomic mass is 16.5. The van der Waals surface area contributed by atoms with Crippen LogP contribution in [0, 0.1) is 0 Å². The maximum atomic E-state index is 12.1. The summed E-state index contributed by atoms with van der Waals surface area (Å²) in [6.07, 6.45) is 4.73. The first-order chi connectivity index (χ1) is 18.1. The van der Waals surface area contributed by atoms with Crippen LogP contribution in [0.3, 0.4) is 0 Å². The number of carbonyl (C=O) groups is 1. The van der Waals surface area contributed by atoms with E-state index in [1.54, 1.807) is 23.0 Å². The molecule has 1 aliphatic heterocycles. The van der Waals surface area contributed by atoms with Crippen LogP contribution in [0.15, 0.2) is 76.8 Å². The molecule has 2 aromatic carbocycles. The van der Waals surface area contributed by atoms with Crippen molar-refractivity contribution in [2.75, 3.05) is 19.8 Å². The van der Waals surface area contributed by atoms with E-state index in [1.165, 1.54) is 6.34 Å². The number of carboxylic acids is 1. The van der Waals surface area contributed by atoms with Gasteiger partial charge < -0.3 is 23.9 Å². The minimum atomic E-state index is -1.01. The van der Waals surface area contributed by atoms with Crippen molar-refractivity contribution in [3.8, 4) is 28.5 Å². The molecule has 0 saturated heterocycles. The largest absolute Gasteiger partial charge is 0.494 e. The van der Waals surface area contributed by atoms with E-state index in [1.807, 2.05) is 61.5 Å². The number of hydrogen-bond donors (Lipinski definition) is 1. The summed E-state index contributed by atoms with van der Waals surface area (Å²) >= 11 is 0. The van der Waals surface area contributed by atoms with Gasteiger partial charge in [-0.25, -0.2) is 9.79 Å². The van der Waals surface area contributed by atoms with E-state index in [0.29, 0.717) is 36.9 Å². The van der Waals surface area contributed by atoms with E-state index in [2.05, 4.69) is 15.0 Å². The second kappa shape index (κ2) is 10.9. The molecule has 0 saturated carbocycles. The fraction of sp³-hybridized carbons (Fsp3) is 0.214. The van der Waals surface area contributed by atoms with Gasteiger partial charge in [-0.1, -0.05) is 12.1 Å². The van der Waals surface area contributed by atoms with E-state index >= 15 is 0 Å². The van der Waals surface area contributed by atoms with Crippen molar-refractivity contribution in [1.82, 2.24) is 9.55 Å². The van der Waals surface area contributed by atoms with Gasteiger partial charge in [0.05, 0.1) is 30.9 Å². The van der Waals surface area contributed by atoms with E-state index in [0.717, 1.165) is 22.2 Å². The van der Waals surface area contributed by atoms with Crippen molar-refractivity contribution < 1.29 is 24.1 Å². The molecule has 3 heterocycles. The highest BCUT2D eigenvalue weighted by Crippen LogP contribution is 2.31. The summed E-state index contributed by atoms with van der Waals surface area (Å²) in [5, 5.41) is 10.6. The number of fused-ring (bicyclic) bond motifs is 1. The number of rotatable bonds is 10. The van der Waals surface area contributed by atoms with Gasteiger partial charge in [-0.3, -0.25) is 9.98 Å². The van der Waals surface area contributed by atoms with Crippen LogP contribution in [0.5, 0.6) is 17.2 Å². The molecule has 5 rings (SSSR count). The molecule has 1 unspecified atom stereocenters. The third-order valence-corrected chi connectivity index (χ3v) is 5.85. The summed E-state index contributed by atoms with van der Waals surface area (Å²) in [6, 6.07) is 18.4. The molecular weight excluding hydrogens is 472 g/mol. The average molecular weight is 499 g/mol. The van der Waals surface area contributed by atoms with E-state index in [4.69, 9.17) is 14.2 Å². The van der Waals surface area contributed by atoms with Crippen LogP contribution in [0.1, 0.15) is 17.4 Å². The zero-order valence-corrected chi connectivity index (χ0v) is 20.3. The molecule has 37 heavy (non-hydrogen) atoms. The maximum absolute atomic E-state index is 12.1. The Kier molecular flexibility index (Phi) is 7.12. The number of aromatic nitrogens is 2. The molecule has 0 fully saturated rings. The molecular formula is C28H26N4O5. The Morgan fingerprint density at radius 1 is 1.05 bits per heavy atom. The van der Waals surface area contributed by atoms with Crippen LogP contribution >= 0.6 is 0 Å². The first kappa shape index (κ1) is 24.1. The normalized spacial score (nSPS) is 14.6. The number of benzene rings is 2. The van der Waals surface area contributed by atoms with Crippen molar-refractivity contribution in [1.29, 1.82) is 0 Å². The van der Waals surface area contributed by atoms with Gasteiger partial charge in [0.15, 0.2) is 6.10 Å². The number of carboxylic acid groups (broad SMARTS) is 1. The minimum Gasteiger partial charge on any atom is -0.494 e. The van der Waals surface area contributed by atoms with Crippen molar-refractivity contribution in [2.45, 2.75) is 19.6 Å². The number of aliphatic imine (C=N–C) groups is 2. The van der Waals surface area contributed by atoms with Crippen LogP contribution in [0.4, 0.5) is 0 Å². The Morgan fingerprint density at radius 3 is 2.65 bits per heavy atom. The fourth-order valence-corrected chi connectivity index (χ4v) is 4.22. The highest BCUT2D eigenvalue weighted by molar-refractivity contribution is 6.00. The van der Waals surface area contributed by atoms with Gasteiger partial charge in [-0.15, -0.1) is 0 Å². The quantitative estimate of drug-likeness (QED) is 0.338. The summed E-state index contributed by atoms with van der Waals surface area (Å²) in [6.45, 7) is 3.65. The molecule has 9 nitrogen and oxygen atoms in total. The summed E-state index contributed by atoms with van der Waals surface area (Å²) in [5.74, 6) is 1.08. The molecule has 0 aliphatic carbocycles. The third kappa shape index (κ3) is 5.45. The SMILES string of the molecule is CCOc1cccc(-c2nccc3c2cc(C(=O)O)n3CCOc2ccc(OC3C=NC=NC3)cc2)c1. The lowest BCUT2D eigenvalue weighted by molar-refractivity contribution is 0.0684. The predicted molar refractivity (Wildman–Crippen MR) is 142 cm³/mol. The first-order valence-corrected chi connectivity index (χ1v) is 12.0. The lowest BCUT2D eigenvalue weighted by Gasteiger charge is -2.15. The maximum Gasteiger partial charge on any atom is 0.352 e. The lowest BCUT2D eigenvalue weighted by atomic mass is 10.1. The second-order valence-corrected chi connectivity index (χ2v) is 8.29. The smallest absolute Gasteiger partial charge is 0.352 e. The van der Waals surface area contributed by atoms with Gasteiger partial charge >= 0.3 is 5.97 Å². The van der Waals surface area contributed by atoms with E-state index in [-0.39, 0.29) is 18.4 Å². The van der Waals surface area contributed by atoms with Gasteiger partial charge in [0.2, 0.25) is 0 Å². The molecule has 0 spiro atoms. The molecule has 0 bridgehead atoms. The molecule has 0 radical (unpaired) electrons. The number of hydrogen-bond acceptors (Lipinski definition) is 7. The molecule has 188 valence electrons. The summed E-state index contributed by atoms with van der Waals surface area (Å²) in [5.41, 5.74) is 2.50. The zero-order chi connectivity index (χ0) is 25.6. The van der Waals surface area contributed by atoms with Crippen LogP contribution in [-0.4, -0.2) is 59.0 Å². The first-order valence-electron chi connectivity index (χ1n) is 12.0. The number of aromatic carboxylic acids is 1. The zero-order valence-electron chi connectivity index (χ0n) is 20.3. The van der Waals surface area contributed by atoms with Gasteiger partial charge in [0.25, 0.3) is 0 Å². The Hall–Kier alpha value is -4.66. The summed E-state index contributed by atoms with van der Waals surface area (Å²) in [4.78, 5) is 24.7. The number of nitrogens with zero attached hydrogens (tertiary/aromatic N) is 4. The molecule has 1 aliphatic rings. The molecule has 0 amide bonds. The minimum absolute atomic E-state index is 0.175. The van der Waals surface area contributed by atoms with Gasteiger partial charge in [0, 0.05) is 23.4 Å². The Bertz CT molecular complexity index is 1460. The molecule has 1 atom stereocenters. The summed E-state index contributed by atoms with van der Waals surface area (Å²) < 4.78 is 19.1.